The third kappa shape index (κ3) is 11.6. The van der Waals surface area contributed by atoms with Gasteiger partial charge < -0.3 is 39.0 Å². The molecule has 46 heavy (non-hydrogen) atoms. The second-order valence-corrected chi connectivity index (χ2v) is 12.2. The third-order valence-corrected chi connectivity index (χ3v) is 8.93. The molecule has 1 amide bonds. The summed E-state index contributed by atoms with van der Waals surface area (Å²) in [7, 11) is 5.31. The lowest BCUT2D eigenvalue weighted by Crippen LogP contribution is -2.39. The van der Waals surface area contributed by atoms with Crippen LogP contribution in [-0.4, -0.2) is 92.7 Å². The molecule has 256 valence electrons. The number of carbonyl (C=O) groups is 2. The van der Waals surface area contributed by atoms with Crippen molar-refractivity contribution in [2.75, 3.05) is 52.3 Å². The van der Waals surface area contributed by atoms with E-state index < -0.39 is 6.10 Å². The van der Waals surface area contributed by atoms with Gasteiger partial charge in [0.15, 0.2) is 12.1 Å². The first kappa shape index (κ1) is 39.0. The highest BCUT2D eigenvalue weighted by Crippen LogP contribution is 2.29. The number of aryl methyl sites for hydroxylation is 1. The Morgan fingerprint density at radius 2 is 1.76 bits per heavy atom. The number of aliphatic hydroxyl groups excluding tert-OH is 1. The zero-order valence-electron chi connectivity index (χ0n) is 28.5. The molecule has 0 aliphatic carbocycles. The lowest BCUT2D eigenvalue weighted by molar-refractivity contribution is -0.141. The fraction of sp³-hybridized carbons (Fsp3) is 0.588. The summed E-state index contributed by atoms with van der Waals surface area (Å²) in [5.74, 6) is 1.69. The smallest absolute Gasteiger partial charge is 0.230 e. The largest absolute Gasteiger partial charge is 0.391 e. The lowest BCUT2D eigenvalue weighted by atomic mass is 9.96. The topological polar surface area (TPSA) is 130 Å². The Hall–Kier alpha value is -3.16. The molecule has 2 atom stereocenters. The molecule has 1 unspecified atom stereocenters. The number of β-amino-alcohol motifs (C(OH)–C–C–N with tert-alkyl or cyclic N) is 1. The molecule has 4 heterocycles. The maximum absolute atomic E-state index is 12.2. The van der Waals surface area contributed by atoms with E-state index in [1.807, 2.05) is 25.4 Å². The Kier molecular flexibility index (Phi) is 17.7. The number of hydrogen-bond donors (Lipinski definition) is 2. The first-order chi connectivity index (χ1) is 22.2. The van der Waals surface area contributed by atoms with Gasteiger partial charge in [0, 0.05) is 58.4 Å². The van der Waals surface area contributed by atoms with Crippen molar-refractivity contribution < 1.29 is 28.7 Å². The molecule has 2 aromatic heterocycles. The Labute approximate surface area is 278 Å². The van der Waals surface area contributed by atoms with E-state index in [9.17, 15) is 9.90 Å². The number of likely N-dealkylation sites (tertiary alicyclic amines) is 1. The number of methoxy groups -OCH3 is 2. The molecule has 1 aromatic carbocycles. The quantitative estimate of drug-likeness (QED) is 0.293. The number of rotatable bonds is 9. The molecule has 0 bridgehead atoms. The van der Waals surface area contributed by atoms with Gasteiger partial charge in [-0.3, -0.25) is 4.79 Å². The first-order valence-electron chi connectivity index (χ1n) is 15.9. The second-order valence-electron chi connectivity index (χ2n) is 11.4. The van der Waals surface area contributed by atoms with Crippen LogP contribution in [0.25, 0.3) is 10.4 Å². The van der Waals surface area contributed by atoms with Crippen LogP contribution < -0.4 is 10.2 Å². The van der Waals surface area contributed by atoms with E-state index in [1.165, 1.54) is 22.4 Å². The van der Waals surface area contributed by atoms with Crippen LogP contribution in [0.15, 0.2) is 40.4 Å². The van der Waals surface area contributed by atoms with E-state index in [0.29, 0.717) is 37.2 Å². The third-order valence-electron chi connectivity index (χ3n) is 7.95. The van der Waals surface area contributed by atoms with E-state index in [2.05, 4.69) is 72.3 Å². The van der Waals surface area contributed by atoms with Crippen molar-refractivity contribution >= 4 is 29.9 Å². The number of aromatic nitrogens is 2. The van der Waals surface area contributed by atoms with E-state index in [1.54, 1.807) is 30.5 Å². The maximum atomic E-state index is 12.2. The van der Waals surface area contributed by atoms with E-state index >= 15 is 0 Å². The van der Waals surface area contributed by atoms with Gasteiger partial charge >= 0.3 is 0 Å². The predicted molar refractivity (Wildman–Crippen MR) is 183 cm³/mol. The molecule has 11 nitrogen and oxygen atoms in total. The van der Waals surface area contributed by atoms with Crippen molar-refractivity contribution in [2.24, 2.45) is 5.92 Å². The molecule has 2 aliphatic heterocycles. The minimum atomic E-state index is -0.404. The van der Waals surface area contributed by atoms with Gasteiger partial charge in [0.1, 0.15) is 12.5 Å². The van der Waals surface area contributed by atoms with Crippen LogP contribution in [0.1, 0.15) is 69.5 Å². The van der Waals surface area contributed by atoms with Gasteiger partial charge in [-0.15, -0.1) is 11.3 Å². The second kappa shape index (κ2) is 20.9. The van der Waals surface area contributed by atoms with Crippen LogP contribution in [0.4, 0.5) is 5.82 Å². The van der Waals surface area contributed by atoms with Crippen molar-refractivity contribution in [1.29, 1.82) is 0 Å². The zero-order valence-corrected chi connectivity index (χ0v) is 29.3. The first-order valence-corrected chi connectivity index (χ1v) is 16.8. The lowest BCUT2D eigenvalue weighted by Gasteiger charge is -2.34. The van der Waals surface area contributed by atoms with E-state index in [4.69, 9.17) is 18.8 Å². The number of ether oxygens (including phenoxy) is 2. The molecule has 2 aliphatic rings. The molecule has 0 saturated carbocycles. The minimum absolute atomic E-state index is 0.0269. The van der Waals surface area contributed by atoms with Gasteiger partial charge in [0.25, 0.3) is 0 Å². The summed E-state index contributed by atoms with van der Waals surface area (Å²) in [6.07, 6.45) is 3.43. The van der Waals surface area contributed by atoms with Gasteiger partial charge in [-0.2, -0.15) is 0 Å². The molecule has 12 heteroatoms. The summed E-state index contributed by atoms with van der Waals surface area (Å²) in [5, 5.41) is 16.9. The standard InChI is InChI=1S/C17H27N3O5.C13H16N2S.C3H8.CH2O/c1-23-17(24-2)12-3-6-19(7-4-12)15-9-14(25-18-15)10-16(22)20-8-5-13(21)11-20;1-9(14-3)11-4-6-12(7-5-11)13-10(2)15-8-16-13;1-3-2;1-2/h9,12-13,17,21H,3-8,10-11H2,1-2H3;4-9,14H,1-3H3;3H2,1-2H3;1H2/t;9-;;/m.0../s1. The van der Waals surface area contributed by atoms with Gasteiger partial charge in [0.2, 0.25) is 5.91 Å². The zero-order chi connectivity index (χ0) is 34.1. The van der Waals surface area contributed by atoms with Crippen molar-refractivity contribution in [1.82, 2.24) is 20.4 Å². The highest BCUT2D eigenvalue weighted by Gasteiger charge is 2.29. The van der Waals surface area contributed by atoms with Gasteiger partial charge in [-0.1, -0.05) is 49.7 Å². The Bertz CT molecular complexity index is 1260. The molecule has 3 aromatic rings. The fourth-order valence-corrected chi connectivity index (χ4v) is 6.13. The Morgan fingerprint density at radius 3 is 2.26 bits per heavy atom. The summed E-state index contributed by atoms with van der Waals surface area (Å²) in [6, 6.07) is 10.9. The number of piperidine rings is 1. The van der Waals surface area contributed by atoms with Crippen LogP contribution >= 0.6 is 11.3 Å². The van der Waals surface area contributed by atoms with Crippen molar-refractivity contribution in [2.45, 2.75) is 78.2 Å². The molecular formula is C34H53N5O6S. The average Bonchev–Trinajstić information content (AvgIpc) is 3.85. The van der Waals surface area contributed by atoms with Gasteiger partial charge in [-0.05, 0) is 51.3 Å². The van der Waals surface area contributed by atoms with Crippen LogP contribution in [0.2, 0.25) is 0 Å². The van der Waals surface area contributed by atoms with E-state index in [0.717, 1.165) is 37.4 Å². The monoisotopic (exact) mass is 659 g/mol. The molecule has 2 fully saturated rings. The highest BCUT2D eigenvalue weighted by atomic mass is 32.1. The SMILES string of the molecule is C=O.CCC.CN[C@@H](C)c1ccc(-c2scnc2C)cc1.COC(OC)C1CCN(c2cc(CC(=O)N3CCC(O)C3)on2)CC1. The highest BCUT2D eigenvalue weighted by molar-refractivity contribution is 7.13. The molecule has 0 spiro atoms. The normalized spacial score (nSPS) is 16.9. The van der Waals surface area contributed by atoms with Crippen LogP contribution in [-0.2, 0) is 25.5 Å². The number of benzene rings is 1. The number of anilines is 1. The molecule has 2 saturated heterocycles. The maximum Gasteiger partial charge on any atom is 0.230 e. The molecular weight excluding hydrogens is 606 g/mol. The number of hydrogen-bond acceptors (Lipinski definition) is 11. The van der Waals surface area contributed by atoms with Crippen molar-refractivity contribution in [3.63, 3.8) is 0 Å². The van der Waals surface area contributed by atoms with Gasteiger partial charge in [-0.25, -0.2) is 4.98 Å². The van der Waals surface area contributed by atoms with Crippen LogP contribution in [0, 0.1) is 12.8 Å². The van der Waals surface area contributed by atoms with Gasteiger partial charge in [0.05, 0.1) is 28.6 Å². The summed E-state index contributed by atoms with van der Waals surface area (Å²) in [6.45, 7) is 13.2. The van der Waals surface area contributed by atoms with Crippen LogP contribution in [0.5, 0.6) is 0 Å². The van der Waals surface area contributed by atoms with E-state index in [-0.39, 0.29) is 18.6 Å². The van der Waals surface area contributed by atoms with Crippen molar-refractivity contribution in [3.05, 3.63) is 52.9 Å². The number of aliphatic hydroxyl groups is 1. The predicted octanol–water partition coefficient (Wildman–Crippen LogP) is 5.28. The number of thiazole rings is 1. The van der Waals surface area contributed by atoms with Crippen LogP contribution in [0.3, 0.4) is 0 Å². The number of nitrogens with one attached hydrogen (secondary N) is 1. The fourth-order valence-electron chi connectivity index (χ4n) is 5.31. The summed E-state index contributed by atoms with van der Waals surface area (Å²) >= 11 is 1.70. The number of nitrogens with zero attached hydrogens (tertiary/aromatic N) is 4. The minimum Gasteiger partial charge on any atom is -0.391 e. The molecule has 2 N–H and O–H groups in total. The number of carbonyl (C=O) groups excluding carboxylic acids is 2. The number of amides is 1. The van der Waals surface area contributed by atoms with Crippen molar-refractivity contribution in [3.8, 4) is 10.4 Å². The Balaban J connectivity index is 0.000000301. The summed E-state index contributed by atoms with van der Waals surface area (Å²) in [4.78, 5) is 29.6. The average molecular weight is 660 g/mol. The molecule has 0 radical (unpaired) electrons. The summed E-state index contributed by atoms with van der Waals surface area (Å²) < 4.78 is 16.0. The molecule has 5 rings (SSSR count). The Morgan fingerprint density at radius 1 is 1.13 bits per heavy atom. The summed E-state index contributed by atoms with van der Waals surface area (Å²) in [5.41, 5.74) is 5.58.